The molecule has 1 fully saturated rings. The first-order chi connectivity index (χ1) is 15.6. The molecule has 2 N–H and O–H groups in total. The second-order valence-electron chi connectivity index (χ2n) is 8.40. The molecule has 164 valence electrons. The van der Waals surface area contributed by atoms with Crippen molar-refractivity contribution in [3.63, 3.8) is 0 Å². The number of aromatic amines is 1. The number of nitrogens with one attached hydrogen (secondary N) is 2. The fourth-order valence-electron chi connectivity index (χ4n) is 4.75. The van der Waals surface area contributed by atoms with Gasteiger partial charge in [0.1, 0.15) is 0 Å². The van der Waals surface area contributed by atoms with Gasteiger partial charge in [0, 0.05) is 62.4 Å². The average Bonchev–Trinajstić information content (AvgIpc) is 3.34. The molecule has 1 atom stereocenters. The van der Waals surface area contributed by atoms with Gasteiger partial charge in [-0.25, -0.2) is 0 Å². The Morgan fingerprint density at radius 1 is 1.12 bits per heavy atom. The number of H-pyrrole nitrogens is 1. The Balaban J connectivity index is 1.25. The molecule has 1 saturated heterocycles. The molecule has 2 aromatic heterocycles. The molecular formula is C25H27N5O2. The van der Waals surface area contributed by atoms with E-state index in [9.17, 15) is 9.59 Å². The number of rotatable bonds is 4. The second-order valence-corrected chi connectivity index (χ2v) is 8.40. The van der Waals surface area contributed by atoms with Crippen LogP contribution in [0.15, 0.2) is 59.5 Å². The lowest BCUT2D eigenvalue weighted by Crippen LogP contribution is -2.49. The van der Waals surface area contributed by atoms with Crippen LogP contribution in [0.25, 0.3) is 16.5 Å². The first-order valence-electron chi connectivity index (χ1n) is 11.1. The largest absolute Gasteiger partial charge is 0.369 e. The van der Waals surface area contributed by atoms with Crippen molar-refractivity contribution in [2.75, 3.05) is 38.1 Å². The number of pyridine rings is 2. The Morgan fingerprint density at radius 2 is 1.91 bits per heavy atom. The van der Waals surface area contributed by atoms with Gasteiger partial charge in [0.15, 0.2) is 0 Å². The van der Waals surface area contributed by atoms with E-state index in [0.29, 0.717) is 17.0 Å². The van der Waals surface area contributed by atoms with Crippen LogP contribution in [0.4, 0.5) is 5.69 Å². The molecule has 1 aliphatic heterocycles. The lowest BCUT2D eigenvalue weighted by Gasteiger charge is -2.38. The van der Waals surface area contributed by atoms with Gasteiger partial charge in [0.25, 0.3) is 11.5 Å². The summed E-state index contributed by atoms with van der Waals surface area (Å²) in [5.41, 5.74) is 4.59. The maximum atomic E-state index is 12.4. The molecule has 0 radical (unpaired) electrons. The molecule has 5 rings (SSSR count). The highest BCUT2D eigenvalue weighted by Crippen LogP contribution is 2.31. The summed E-state index contributed by atoms with van der Waals surface area (Å²) < 4.78 is 0. The van der Waals surface area contributed by atoms with Crippen molar-refractivity contribution >= 4 is 28.1 Å². The monoisotopic (exact) mass is 429 g/mol. The predicted octanol–water partition coefficient (Wildman–Crippen LogP) is 2.65. The number of anilines is 1. The van der Waals surface area contributed by atoms with Crippen molar-refractivity contribution in [1.82, 2.24) is 20.2 Å². The third-order valence-corrected chi connectivity index (χ3v) is 6.57. The van der Waals surface area contributed by atoms with Gasteiger partial charge in [-0.1, -0.05) is 6.08 Å². The van der Waals surface area contributed by atoms with Gasteiger partial charge < -0.3 is 15.2 Å². The van der Waals surface area contributed by atoms with Crippen LogP contribution < -0.4 is 15.8 Å². The highest BCUT2D eigenvalue weighted by atomic mass is 16.1. The van der Waals surface area contributed by atoms with Crippen LogP contribution in [0.2, 0.25) is 0 Å². The summed E-state index contributed by atoms with van der Waals surface area (Å²) in [7, 11) is 1.65. The fourth-order valence-corrected chi connectivity index (χ4v) is 4.75. The number of carbonyl (C=O) groups excluding carboxylic acids is 1. The topological polar surface area (TPSA) is 81.3 Å². The maximum Gasteiger partial charge on any atom is 0.257 e. The van der Waals surface area contributed by atoms with Gasteiger partial charge >= 0.3 is 0 Å². The van der Waals surface area contributed by atoms with Crippen molar-refractivity contribution < 1.29 is 4.79 Å². The van der Waals surface area contributed by atoms with E-state index in [1.54, 1.807) is 19.3 Å². The fraction of sp³-hybridized carbons (Fsp3) is 0.320. The van der Waals surface area contributed by atoms with E-state index in [1.807, 2.05) is 36.4 Å². The van der Waals surface area contributed by atoms with E-state index in [2.05, 4.69) is 31.2 Å². The molecule has 0 bridgehead atoms. The number of hydrogen-bond acceptors (Lipinski definition) is 5. The van der Waals surface area contributed by atoms with Crippen LogP contribution >= 0.6 is 0 Å². The number of amides is 1. The second kappa shape index (κ2) is 8.59. The van der Waals surface area contributed by atoms with E-state index < -0.39 is 0 Å². The van der Waals surface area contributed by atoms with E-state index in [1.165, 1.54) is 5.57 Å². The Kier molecular flexibility index (Phi) is 5.49. The van der Waals surface area contributed by atoms with Crippen molar-refractivity contribution in [2.24, 2.45) is 0 Å². The number of aromatic nitrogens is 2. The molecule has 3 heterocycles. The van der Waals surface area contributed by atoms with E-state index in [-0.39, 0.29) is 11.5 Å². The summed E-state index contributed by atoms with van der Waals surface area (Å²) in [5.74, 6) is -0.0614. The number of nitrogens with zero attached hydrogens (tertiary/aromatic N) is 3. The molecule has 1 aliphatic carbocycles. The number of carbonyl (C=O) groups is 1. The first-order valence-corrected chi connectivity index (χ1v) is 11.1. The van der Waals surface area contributed by atoms with Gasteiger partial charge in [0.2, 0.25) is 0 Å². The molecule has 7 nitrogen and oxygen atoms in total. The SMILES string of the molecule is CNC(=O)c1ccc(N2CCN([C@H]3C=C(c4cc5ncccc5c(=O)[nH]4)CC3)CC2)cc1. The minimum Gasteiger partial charge on any atom is -0.369 e. The zero-order valence-electron chi connectivity index (χ0n) is 18.2. The van der Waals surface area contributed by atoms with E-state index in [0.717, 1.165) is 55.9 Å². The van der Waals surface area contributed by atoms with Gasteiger partial charge in [-0.2, -0.15) is 0 Å². The zero-order valence-corrected chi connectivity index (χ0v) is 18.2. The smallest absolute Gasteiger partial charge is 0.257 e. The minimum absolute atomic E-state index is 0.0614. The summed E-state index contributed by atoms with van der Waals surface area (Å²) in [6, 6.07) is 13.8. The van der Waals surface area contributed by atoms with Crippen LogP contribution in [0, 0.1) is 0 Å². The Bertz CT molecular complexity index is 1220. The van der Waals surface area contributed by atoms with E-state index in [4.69, 9.17) is 0 Å². The molecule has 0 spiro atoms. The van der Waals surface area contributed by atoms with Crippen LogP contribution in [-0.2, 0) is 0 Å². The number of benzene rings is 1. The molecule has 0 unspecified atom stereocenters. The Morgan fingerprint density at radius 3 is 2.66 bits per heavy atom. The number of piperazine rings is 1. The standard InChI is InChI=1S/C25H27N5O2/c1-26-24(31)17-4-7-19(8-5-17)29-11-13-30(14-12-29)20-9-6-18(15-20)22-16-23-21(25(32)28-22)3-2-10-27-23/h2-5,7-8,10,15-16,20H,6,9,11-14H2,1H3,(H,26,31)(H,28,32)/t20-/m1/s1. The van der Waals surface area contributed by atoms with Crippen molar-refractivity contribution in [2.45, 2.75) is 18.9 Å². The lowest BCUT2D eigenvalue weighted by molar-refractivity contribution is 0.0963. The zero-order chi connectivity index (χ0) is 22.1. The highest BCUT2D eigenvalue weighted by Gasteiger charge is 2.27. The molecular weight excluding hydrogens is 402 g/mol. The molecule has 7 heteroatoms. The Labute approximate surface area is 186 Å². The van der Waals surface area contributed by atoms with Crippen LogP contribution in [0.1, 0.15) is 28.9 Å². The normalized spacial score (nSPS) is 19.2. The quantitative estimate of drug-likeness (QED) is 0.667. The van der Waals surface area contributed by atoms with Crippen LogP contribution in [0.5, 0.6) is 0 Å². The molecule has 32 heavy (non-hydrogen) atoms. The van der Waals surface area contributed by atoms with Crippen LogP contribution in [-0.4, -0.2) is 60.0 Å². The van der Waals surface area contributed by atoms with Crippen molar-refractivity contribution in [1.29, 1.82) is 0 Å². The van der Waals surface area contributed by atoms with Crippen molar-refractivity contribution in [3.05, 3.63) is 76.3 Å². The summed E-state index contributed by atoms with van der Waals surface area (Å²) in [4.78, 5) is 36.5. The molecule has 2 aliphatic rings. The van der Waals surface area contributed by atoms with Crippen LogP contribution in [0.3, 0.4) is 0 Å². The van der Waals surface area contributed by atoms with Gasteiger partial charge in [0.05, 0.1) is 10.9 Å². The Hall–Kier alpha value is -3.45. The number of hydrogen-bond donors (Lipinski definition) is 2. The summed E-state index contributed by atoms with van der Waals surface area (Å²) in [6.07, 6.45) is 6.06. The maximum absolute atomic E-state index is 12.4. The lowest BCUT2D eigenvalue weighted by atomic mass is 10.1. The van der Waals surface area contributed by atoms with Crippen molar-refractivity contribution in [3.8, 4) is 0 Å². The number of allylic oxidation sites excluding steroid dienone is 1. The molecule has 1 amide bonds. The van der Waals surface area contributed by atoms with Gasteiger partial charge in [-0.15, -0.1) is 0 Å². The summed E-state index contributed by atoms with van der Waals surface area (Å²) in [5, 5.41) is 3.29. The minimum atomic E-state index is -0.0778. The van der Waals surface area contributed by atoms with E-state index >= 15 is 0 Å². The summed E-state index contributed by atoms with van der Waals surface area (Å²) in [6.45, 7) is 3.88. The molecule has 0 saturated carbocycles. The third-order valence-electron chi connectivity index (χ3n) is 6.57. The predicted molar refractivity (Wildman–Crippen MR) is 127 cm³/mol. The average molecular weight is 430 g/mol. The third kappa shape index (κ3) is 3.91. The number of fused-ring (bicyclic) bond motifs is 1. The molecule has 1 aromatic carbocycles. The first kappa shape index (κ1) is 20.5. The molecule has 3 aromatic rings. The van der Waals surface area contributed by atoms with Gasteiger partial charge in [-0.3, -0.25) is 19.5 Å². The van der Waals surface area contributed by atoms with Gasteiger partial charge in [-0.05, 0) is 60.9 Å². The highest BCUT2D eigenvalue weighted by molar-refractivity contribution is 5.94. The summed E-state index contributed by atoms with van der Waals surface area (Å²) >= 11 is 0.